The second kappa shape index (κ2) is 6.76. The van der Waals surface area contributed by atoms with E-state index in [4.69, 9.17) is 0 Å². The van der Waals surface area contributed by atoms with Crippen LogP contribution >= 0.6 is 0 Å². The molecule has 0 aliphatic rings. The van der Waals surface area contributed by atoms with Gasteiger partial charge in [-0.15, -0.1) is 0 Å². The van der Waals surface area contributed by atoms with Gasteiger partial charge in [-0.25, -0.2) is 0 Å². The summed E-state index contributed by atoms with van der Waals surface area (Å²) in [4.78, 5) is 2.36. The van der Waals surface area contributed by atoms with Gasteiger partial charge in [0, 0.05) is 30.9 Å². The highest BCUT2D eigenvalue weighted by Crippen LogP contribution is 2.16. The molecule has 0 spiro atoms. The molecule has 0 amide bonds. The Morgan fingerprint density at radius 2 is 2.00 bits per heavy atom. The van der Waals surface area contributed by atoms with Gasteiger partial charge in [-0.05, 0) is 57.9 Å². The number of likely N-dealkylation sites (N-methyl/N-ethyl adjacent to an activating group) is 1. The highest BCUT2D eigenvalue weighted by molar-refractivity contribution is 5.49. The number of anilines is 1. The van der Waals surface area contributed by atoms with E-state index in [0.29, 0.717) is 0 Å². The van der Waals surface area contributed by atoms with E-state index < -0.39 is 0 Å². The maximum absolute atomic E-state index is 4.19. The van der Waals surface area contributed by atoms with Gasteiger partial charge in [0.2, 0.25) is 0 Å². The van der Waals surface area contributed by atoms with Crippen molar-refractivity contribution in [3.63, 3.8) is 0 Å². The highest BCUT2D eigenvalue weighted by Gasteiger charge is 2.11. The van der Waals surface area contributed by atoms with Crippen LogP contribution in [0.15, 0.2) is 36.4 Å². The second-order valence-corrected chi connectivity index (χ2v) is 6.21. The Balaban J connectivity index is 2.60. The Labute approximate surface area is 118 Å². The van der Waals surface area contributed by atoms with Gasteiger partial charge < -0.3 is 10.2 Å². The quantitative estimate of drug-likeness (QED) is 0.783. The van der Waals surface area contributed by atoms with Crippen molar-refractivity contribution >= 4 is 5.69 Å². The Morgan fingerprint density at radius 1 is 1.32 bits per heavy atom. The molecule has 0 heterocycles. The van der Waals surface area contributed by atoms with Gasteiger partial charge in [0.15, 0.2) is 0 Å². The first-order chi connectivity index (χ1) is 8.81. The van der Waals surface area contributed by atoms with Crippen LogP contribution in [0.5, 0.6) is 0 Å². The van der Waals surface area contributed by atoms with Gasteiger partial charge in [0.25, 0.3) is 0 Å². The summed E-state index contributed by atoms with van der Waals surface area (Å²) in [7, 11) is 0. The maximum Gasteiger partial charge on any atom is 0.0398 e. The number of rotatable bonds is 6. The fourth-order valence-electron chi connectivity index (χ4n) is 1.93. The van der Waals surface area contributed by atoms with E-state index in [2.05, 4.69) is 75.7 Å². The van der Waals surface area contributed by atoms with Crippen molar-refractivity contribution in [2.45, 2.75) is 40.2 Å². The monoisotopic (exact) mass is 260 g/mol. The molecule has 0 aliphatic heterocycles. The Kier molecular flexibility index (Phi) is 5.61. The minimum Gasteiger partial charge on any atom is -0.368 e. The van der Waals surface area contributed by atoms with Gasteiger partial charge in [0.1, 0.15) is 0 Å². The molecule has 0 unspecified atom stereocenters. The van der Waals surface area contributed by atoms with E-state index in [1.165, 1.54) is 16.8 Å². The summed E-state index contributed by atoms with van der Waals surface area (Å²) in [5.74, 6) is 0. The van der Waals surface area contributed by atoms with Crippen LogP contribution in [-0.2, 0) is 0 Å². The first kappa shape index (κ1) is 15.8. The van der Waals surface area contributed by atoms with E-state index in [-0.39, 0.29) is 5.54 Å². The molecular formula is C17H28N2. The van der Waals surface area contributed by atoms with Crippen molar-refractivity contribution in [3.8, 4) is 0 Å². The number of hydrogen-bond donors (Lipinski definition) is 1. The number of aryl methyl sites for hydroxylation is 1. The predicted molar refractivity (Wildman–Crippen MR) is 86.0 cm³/mol. The second-order valence-electron chi connectivity index (χ2n) is 6.21. The number of hydrogen-bond acceptors (Lipinski definition) is 2. The Hall–Kier alpha value is -1.28. The first-order valence-corrected chi connectivity index (χ1v) is 7.05. The molecule has 0 atom stereocenters. The molecule has 1 aromatic carbocycles. The van der Waals surface area contributed by atoms with E-state index in [1.54, 1.807) is 0 Å². The lowest BCUT2D eigenvalue weighted by atomic mass is 10.1. The first-order valence-electron chi connectivity index (χ1n) is 7.05. The van der Waals surface area contributed by atoms with Crippen LogP contribution in [0, 0.1) is 6.92 Å². The van der Waals surface area contributed by atoms with Crippen molar-refractivity contribution in [2.75, 3.05) is 24.5 Å². The normalized spacial score (nSPS) is 11.4. The van der Waals surface area contributed by atoms with Crippen molar-refractivity contribution in [1.29, 1.82) is 0 Å². The molecule has 0 saturated heterocycles. The van der Waals surface area contributed by atoms with E-state index in [9.17, 15) is 0 Å². The maximum atomic E-state index is 4.19. The summed E-state index contributed by atoms with van der Waals surface area (Å²) in [5, 5.41) is 3.49. The van der Waals surface area contributed by atoms with Crippen molar-refractivity contribution in [2.24, 2.45) is 0 Å². The zero-order valence-corrected chi connectivity index (χ0v) is 13.1. The van der Waals surface area contributed by atoms with Crippen LogP contribution in [0.3, 0.4) is 0 Å². The number of nitrogens with zero attached hydrogens (tertiary/aromatic N) is 1. The molecule has 19 heavy (non-hydrogen) atoms. The summed E-state index contributed by atoms with van der Waals surface area (Å²) in [6, 6.07) is 8.64. The fraction of sp³-hybridized carbons (Fsp3) is 0.529. The lowest BCUT2D eigenvalue weighted by molar-refractivity contribution is 0.443. The summed E-state index contributed by atoms with van der Waals surface area (Å²) in [6.07, 6.45) is 0. The van der Waals surface area contributed by atoms with Gasteiger partial charge in [-0.1, -0.05) is 18.7 Å². The third-order valence-electron chi connectivity index (χ3n) is 3.03. The predicted octanol–water partition coefficient (Wildman–Crippen LogP) is 3.77. The zero-order valence-electron chi connectivity index (χ0n) is 13.1. The molecule has 0 saturated carbocycles. The molecule has 106 valence electrons. The standard InChI is InChI=1S/C17H28N2/c1-7-19(16-10-8-9-14(2)11-16)13-15(3)12-18-17(4,5)6/h8-11,18H,3,7,12-13H2,1-2,4-6H3. The summed E-state index contributed by atoms with van der Waals surface area (Å²) < 4.78 is 0. The molecule has 2 nitrogen and oxygen atoms in total. The van der Waals surface area contributed by atoms with E-state index in [0.717, 1.165) is 19.6 Å². The van der Waals surface area contributed by atoms with E-state index >= 15 is 0 Å². The average Bonchev–Trinajstić information content (AvgIpc) is 2.32. The van der Waals surface area contributed by atoms with Crippen LogP contribution in [-0.4, -0.2) is 25.2 Å². The molecule has 1 aromatic rings. The topological polar surface area (TPSA) is 15.3 Å². The minimum atomic E-state index is 0.142. The van der Waals surface area contributed by atoms with Crippen molar-refractivity contribution in [1.82, 2.24) is 5.32 Å². The fourth-order valence-corrected chi connectivity index (χ4v) is 1.93. The minimum absolute atomic E-state index is 0.142. The molecule has 0 bridgehead atoms. The van der Waals surface area contributed by atoms with Crippen LogP contribution in [0.1, 0.15) is 33.3 Å². The van der Waals surface area contributed by atoms with Crippen molar-refractivity contribution in [3.05, 3.63) is 42.0 Å². The van der Waals surface area contributed by atoms with E-state index in [1.807, 2.05) is 0 Å². The SMILES string of the molecule is C=C(CNC(C)(C)C)CN(CC)c1cccc(C)c1. The van der Waals surface area contributed by atoms with Crippen LogP contribution < -0.4 is 10.2 Å². The third kappa shape index (κ3) is 5.93. The molecule has 1 rings (SSSR count). The largest absolute Gasteiger partial charge is 0.368 e. The molecule has 0 radical (unpaired) electrons. The number of benzene rings is 1. The summed E-state index contributed by atoms with van der Waals surface area (Å²) in [5.41, 5.74) is 3.94. The van der Waals surface area contributed by atoms with Gasteiger partial charge >= 0.3 is 0 Å². The average molecular weight is 260 g/mol. The summed E-state index contributed by atoms with van der Waals surface area (Å²) in [6.45, 7) is 17.8. The van der Waals surface area contributed by atoms with Crippen LogP contribution in [0.25, 0.3) is 0 Å². The number of nitrogens with one attached hydrogen (secondary N) is 1. The third-order valence-corrected chi connectivity index (χ3v) is 3.03. The molecule has 0 aromatic heterocycles. The lowest BCUT2D eigenvalue weighted by Gasteiger charge is -2.27. The van der Waals surface area contributed by atoms with Gasteiger partial charge in [-0.3, -0.25) is 0 Å². The molecule has 1 N–H and O–H groups in total. The molecule has 0 aliphatic carbocycles. The Bertz CT molecular complexity index is 416. The Morgan fingerprint density at radius 3 is 2.53 bits per heavy atom. The smallest absolute Gasteiger partial charge is 0.0398 e. The lowest BCUT2D eigenvalue weighted by Crippen LogP contribution is -2.38. The summed E-state index contributed by atoms with van der Waals surface area (Å²) >= 11 is 0. The van der Waals surface area contributed by atoms with Gasteiger partial charge in [0.05, 0.1) is 0 Å². The van der Waals surface area contributed by atoms with Gasteiger partial charge in [-0.2, -0.15) is 0 Å². The molecule has 0 fully saturated rings. The van der Waals surface area contributed by atoms with Crippen LogP contribution in [0.4, 0.5) is 5.69 Å². The van der Waals surface area contributed by atoms with Crippen molar-refractivity contribution < 1.29 is 0 Å². The molecule has 2 heteroatoms. The molecular weight excluding hydrogens is 232 g/mol. The highest BCUT2D eigenvalue weighted by atomic mass is 15.1. The van der Waals surface area contributed by atoms with Crippen LogP contribution in [0.2, 0.25) is 0 Å². The zero-order chi connectivity index (χ0) is 14.5.